The van der Waals surface area contributed by atoms with Crippen LogP contribution in [0.4, 0.5) is 0 Å². The maximum absolute atomic E-state index is 4.48. The van der Waals surface area contributed by atoms with Crippen molar-refractivity contribution < 1.29 is 0 Å². The molecule has 0 unspecified atom stereocenters. The van der Waals surface area contributed by atoms with Gasteiger partial charge >= 0.3 is 0 Å². The Morgan fingerprint density at radius 2 is 2.04 bits per heavy atom. The number of hydrogen-bond donors (Lipinski definition) is 0. The molecule has 3 heterocycles. The van der Waals surface area contributed by atoms with Crippen LogP contribution in [0.25, 0.3) is 10.8 Å². The molecule has 0 aliphatic carbocycles. The van der Waals surface area contributed by atoms with Crippen LogP contribution in [0.2, 0.25) is 0 Å². The van der Waals surface area contributed by atoms with Gasteiger partial charge in [0.15, 0.2) is 0 Å². The highest BCUT2D eigenvalue weighted by Crippen LogP contribution is 2.23. The Hall–Kier alpha value is -1.82. The molecule has 0 amide bonds. The number of pyridine rings is 1. The van der Waals surface area contributed by atoms with Gasteiger partial charge in [-0.25, -0.2) is 4.98 Å². The number of rotatable bonds is 4. The van der Waals surface area contributed by atoms with Gasteiger partial charge in [-0.2, -0.15) is 0 Å². The number of nitrogens with zero attached hydrogens (tertiary/aromatic N) is 4. The first-order valence-corrected chi connectivity index (χ1v) is 10.2. The number of likely N-dealkylation sites (N-methyl/N-ethyl adjacent to an activating group) is 1. The first-order chi connectivity index (χ1) is 12.7. The largest absolute Gasteiger partial charge is 0.305 e. The second kappa shape index (κ2) is 7.82. The van der Waals surface area contributed by atoms with E-state index in [0.717, 1.165) is 39.1 Å². The summed E-state index contributed by atoms with van der Waals surface area (Å²) in [4.78, 5) is 15.4. The molecule has 1 atom stereocenters. The fourth-order valence-corrected chi connectivity index (χ4v) is 4.78. The zero-order valence-corrected chi connectivity index (χ0v) is 16.4. The molecule has 1 aliphatic rings. The van der Waals surface area contributed by atoms with Crippen molar-refractivity contribution >= 4 is 22.1 Å². The summed E-state index contributed by atoms with van der Waals surface area (Å²) in [5.74, 6) is 0.614. The summed E-state index contributed by atoms with van der Waals surface area (Å²) in [7, 11) is 2.25. The van der Waals surface area contributed by atoms with E-state index in [9.17, 15) is 0 Å². The highest BCUT2D eigenvalue weighted by molar-refractivity contribution is 7.09. The maximum Gasteiger partial charge on any atom is 0.0798 e. The van der Waals surface area contributed by atoms with Crippen molar-refractivity contribution in [3.05, 3.63) is 58.3 Å². The zero-order chi connectivity index (χ0) is 17.9. The van der Waals surface area contributed by atoms with Crippen LogP contribution in [0.3, 0.4) is 0 Å². The number of thiazole rings is 1. The second-order valence-electron chi connectivity index (χ2n) is 7.45. The van der Waals surface area contributed by atoms with Crippen LogP contribution in [-0.4, -0.2) is 53.0 Å². The molecule has 0 spiro atoms. The van der Waals surface area contributed by atoms with Crippen LogP contribution in [0.5, 0.6) is 0 Å². The highest BCUT2D eigenvalue weighted by atomic mass is 32.1. The molecular weight excluding hydrogens is 340 g/mol. The lowest BCUT2D eigenvalue weighted by Crippen LogP contribution is -2.30. The molecule has 4 rings (SSSR count). The molecule has 0 bridgehead atoms. The van der Waals surface area contributed by atoms with Crippen LogP contribution in [0, 0.1) is 12.8 Å². The standard InChI is InChI=1S/C21H26N4S/c1-16-21(26-15-23-16)14-25-8-7-24(2)12-17(13-25)9-19-11-22-10-18-5-3-4-6-20(18)19/h3-6,10-11,15,17H,7-9,12-14H2,1-2H3/t17-/m0/s1. The predicted molar refractivity (Wildman–Crippen MR) is 109 cm³/mol. The molecule has 0 saturated carbocycles. The first-order valence-electron chi connectivity index (χ1n) is 9.30. The quantitative estimate of drug-likeness (QED) is 0.706. The van der Waals surface area contributed by atoms with Gasteiger partial charge < -0.3 is 4.90 Å². The summed E-state index contributed by atoms with van der Waals surface area (Å²) in [6.45, 7) is 7.66. The summed E-state index contributed by atoms with van der Waals surface area (Å²) >= 11 is 1.78. The third-order valence-corrected chi connectivity index (χ3v) is 6.28. The van der Waals surface area contributed by atoms with Gasteiger partial charge in [0.1, 0.15) is 0 Å². The van der Waals surface area contributed by atoms with E-state index in [-0.39, 0.29) is 0 Å². The van der Waals surface area contributed by atoms with Crippen LogP contribution < -0.4 is 0 Å². The molecular formula is C21H26N4S. The van der Waals surface area contributed by atoms with Crippen molar-refractivity contribution in [2.75, 3.05) is 33.2 Å². The van der Waals surface area contributed by atoms with E-state index in [1.807, 2.05) is 11.7 Å². The number of aryl methyl sites for hydroxylation is 1. The Morgan fingerprint density at radius 3 is 2.88 bits per heavy atom. The molecule has 3 aromatic rings. The molecule has 1 fully saturated rings. The summed E-state index contributed by atoms with van der Waals surface area (Å²) < 4.78 is 0. The minimum absolute atomic E-state index is 0.614. The Labute approximate surface area is 159 Å². The smallest absolute Gasteiger partial charge is 0.0798 e. The number of hydrogen-bond acceptors (Lipinski definition) is 5. The zero-order valence-electron chi connectivity index (χ0n) is 15.6. The van der Waals surface area contributed by atoms with E-state index < -0.39 is 0 Å². The van der Waals surface area contributed by atoms with Gasteiger partial charge in [0, 0.05) is 55.4 Å². The van der Waals surface area contributed by atoms with Gasteiger partial charge in [0.05, 0.1) is 11.2 Å². The Balaban J connectivity index is 1.53. The van der Waals surface area contributed by atoms with Crippen molar-refractivity contribution in [1.82, 2.24) is 19.8 Å². The van der Waals surface area contributed by atoms with Crippen LogP contribution in [-0.2, 0) is 13.0 Å². The van der Waals surface area contributed by atoms with E-state index in [4.69, 9.17) is 0 Å². The molecule has 4 nitrogen and oxygen atoms in total. The number of aromatic nitrogens is 2. The van der Waals surface area contributed by atoms with Crippen molar-refractivity contribution in [2.24, 2.45) is 5.92 Å². The highest BCUT2D eigenvalue weighted by Gasteiger charge is 2.23. The number of benzene rings is 1. The average molecular weight is 367 g/mol. The van der Waals surface area contributed by atoms with E-state index in [2.05, 4.69) is 64.2 Å². The van der Waals surface area contributed by atoms with Crippen molar-refractivity contribution in [2.45, 2.75) is 19.9 Å². The van der Waals surface area contributed by atoms with E-state index in [0.29, 0.717) is 5.92 Å². The third-order valence-electron chi connectivity index (χ3n) is 5.36. The summed E-state index contributed by atoms with van der Waals surface area (Å²) in [6, 6.07) is 8.60. The lowest BCUT2D eigenvalue weighted by Gasteiger charge is -2.24. The molecule has 1 aromatic carbocycles. The Morgan fingerprint density at radius 1 is 1.15 bits per heavy atom. The molecule has 26 heavy (non-hydrogen) atoms. The van der Waals surface area contributed by atoms with Gasteiger partial charge in [-0.3, -0.25) is 9.88 Å². The molecule has 0 N–H and O–H groups in total. The van der Waals surface area contributed by atoms with Gasteiger partial charge in [-0.1, -0.05) is 24.3 Å². The van der Waals surface area contributed by atoms with Gasteiger partial charge in [-0.15, -0.1) is 11.3 Å². The molecule has 1 aliphatic heterocycles. The van der Waals surface area contributed by atoms with Crippen molar-refractivity contribution in [3.8, 4) is 0 Å². The van der Waals surface area contributed by atoms with Crippen molar-refractivity contribution in [1.29, 1.82) is 0 Å². The van der Waals surface area contributed by atoms with E-state index >= 15 is 0 Å². The van der Waals surface area contributed by atoms with Crippen LogP contribution in [0.15, 0.2) is 42.2 Å². The molecule has 0 radical (unpaired) electrons. The number of fused-ring (bicyclic) bond motifs is 1. The predicted octanol–water partition coefficient (Wildman–Crippen LogP) is 3.61. The van der Waals surface area contributed by atoms with Gasteiger partial charge in [0.25, 0.3) is 0 Å². The molecule has 2 aromatic heterocycles. The lowest BCUT2D eigenvalue weighted by atomic mass is 9.96. The molecule has 5 heteroatoms. The van der Waals surface area contributed by atoms with Crippen LogP contribution >= 0.6 is 11.3 Å². The van der Waals surface area contributed by atoms with Crippen LogP contribution in [0.1, 0.15) is 16.1 Å². The van der Waals surface area contributed by atoms with Gasteiger partial charge in [-0.05, 0) is 37.3 Å². The SMILES string of the molecule is Cc1ncsc1CN1CCN(C)C[C@H](Cc2cncc3ccccc23)C1. The summed E-state index contributed by atoms with van der Waals surface area (Å²) in [5.41, 5.74) is 4.52. The van der Waals surface area contributed by atoms with E-state index in [1.54, 1.807) is 11.3 Å². The van der Waals surface area contributed by atoms with Crippen molar-refractivity contribution in [3.63, 3.8) is 0 Å². The fraction of sp³-hybridized carbons (Fsp3) is 0.429. The maximum atomic E-state index is 4.48. The third kappa shape index (κ3) is 3.95. The normalized spacial score (nSPS) is 19.7. The Bertz CT molecular complexity index is 870. The molecule has 136 valence electrons. The van der Waals surface area contributed by atoms with E-state index in [1.165, 1.54) is 26.9 Å². The lowest BCUT2D eigenvalue weighted by molar-refractivity contribution is 0.250. The summed E-state index contributed by atoms with van der Waals surface area (Å²) in [6.07, 6.45) is 5.11. The minimum Gasteiger partial charge on any atom is -0.305 e. The minimum atomic E-state index is 0.614. The monoisotopic (exact) mass is 366 g/mol. The summed E-state index contributed by atoms with van der Waals surface area (Å²) in [5, 5.41) is 2.59. The molecule has 1 saturated heterocycles. The average Bonchev–Trinajstić information content (AvgIpc) is 2.95. The second-order valence-corrected chi connectivity index (χ2v) is 8.39. The first kappa shape index (κ1) is 17.6. The van der Waals surface area contributed by atoms with Gasteiger partial charge in [0.2, 0.25) is 0 Å². The Kier molecular flexibility index (Phi) is 5.29. The topological polar surface area (TPSA) is 32.3 Å². The fourth-order valence-electron chi connectivity index (χ4n) is 3.96.